The van der Waals surface area contributed by atoms with Gasteiger partial charge < -0.3 is 15.6 Å². The second kappa shape index (κ2) is 5.51. The Hall–Kier alpha value is -0.120. The maximum Gasteiger partial charge on any atom is 0.0779 e. The predicted molar refractivity (Wildman–Crippen MR) is 50.0 cm³/mol. The first-order chi connectivity index (χ1) is 5.54. The Kier molecular flexibility index (Phi) is 5.46. The molecule has 0 spiro atoms. The second-order valence-corrected chi connectivity index (χ2v) is 3.82. The van der Waals surface area contributed by atoms with Crippen LogP contribution in [0.2, 0.25) is 0 Å². The molecule has 0 aliphatic heterocycles. The van der Waals surface area contributed by atoms with E-state index in [-0.39, 0.29) is 12.2 Å². The molecular formula is C9H21NO2. The number of ether oxygens (including phenoxy) is 1. The van der Waals surface area contributed by atoms with Crippen LogP contribution in [0.4, 0.5) is 0 Å². The molecule has 74 valence electrons. The van der Waals surface area contributed by atoms with Crippen molar-refractivity contribution in [1.82, 2.24) is 0 Å². The molecule has 3 nitrogen and oxygen atoms in total. The van der Waals surface area contributed by atoms with Gasteiger partial charge >= 0.3 is 0 Å². The average Bonchev–Trinajstić information content (AvgIpc) is 2.00. The summed E-state index contributed by atoms with van der Waals surface area (Å²) in [6, 6.07) is 0. The number of aliphatic hydroxyl groups excluding tert-OH is 1. The third kappa shape index (κ3) is 4.70. The van der Waals surface area contributed by atoms with Gasteiger partial charge in [-0.05, 0) is 19.3 Å². The summed E-state index contributed by atoms with van der Waals surface area (Å²) < 4.78 is 5.46. The van der Waals surface area contributed by atoms with E-state index in [9.17, 15) is 0 Å². The third-order valence-electron chi connectivity index (χ3n) is 1.81. The quantitative estimate of drug-likeness (QED) is 0.626. The molecule has 0 fully saturated rings. The largest absolute Gasteiger partial charge is 0.394 e. The molecule has 0 aliphatic rings. The van der Waals surface area contributed by atoms with Crippen LogP contribution in [0, 0.1) is 5.92 Å². The van der Waals surface area contributed by atoms with Crippen LogP contribution in [0.15, 0.2) is 0 Å². The van der Waals surface area contributed by atoms with Crippen molar-refractivity contribution >= 4 is 0 Å². The van der Waals surface area contributed by atoms with E-state index in [1.54, 1.807) is 0 Å². The molecule has 0 aromatic rings. The molecule has 0 aromatic heterocycles. The molecule has 0 rings (SSSR count). The number of hydrogen-bond acceptors (Lipinski definition) is 3. The molecule has 0 saturated carbocycles. The molecule has 3 heteroatoms. The van der Waals surface area contributed by atoms with Crippen LogP contribution in [-0.4, -0.2) is 30.5 Å². The van der Waals surface area contributed by atoms with Gasteiger partial charge in [0.2, 0.25) is 0 Å². The smallest absolute Gasteiger partial charge is 0.0779 e. The molecule has 0 aliphatic carbocycles. The minimum absolute atomic E-state index is 0.0632. The molecule has 1 unspecified atom stereocenters. The van der Waals surface area contributed by atoms with Gasteiger partial charge in [0.25, 0.3) is 0 Å². The van der Waals surface area contributed by atoms with E-state index < -0.39 is 0 Å². The van der Waals surface area contributed by atoms with Crippen LogP contribution in [-0.2, 0) is 4.74 Å². The number of aliphatic hydroxyl groups is 1. The summed E-state index contributed by atoms with van der Waals surface area (Å²) >= 11 is 0. The number of nitrogens with two attached hydrogens (primary N) is 1. The first-order valence-corrected chi connectivity index (χ1v) is 4.49. The van der Waals surface area contributed by atoms with Crippen LogP contribution in [0.3, 0.4) is 0 Å². The Bertz CT molecular complexity index is 117. The monoisotopic (exact) mass is 175 g/mol. The molecule has 0 aromatic carbocycles. The third-order valence-corrected chi connectivity index (χ3v) is 1.81. The fourth-order valence-electron chi connectivity index (χ4n) is 1.36. The normalized spacial score (nSPS) is 16.5. The van der Waals surface area contributed by atoms with Gasteiger partial charge in [0.15, 0.2) is 0 Å². The van der Waals surface area contributed by atoms with Crippen LogP contribution in [0.5, 0.6) is 0 Å². The van der Waals surface area contributed by atoms with Crippen LogP contribution >= 0.6 is 0 Å². The lowest BCUT2D eigenvalue weighted by molar-refractivity contribution is -0.0513. The molecule has 0 amide bonds. The van der Waals surface area contributed by atoms with Gasteiger partial charge in [-0.2, -0.15) is 0 Å². The Morgan fingerprint density at radius 2 is 2.08 bits per heavy atom. The first kappa shape index (κ1) is 11.9. The van der Waals surface area contributed by atoms with Gasteiger partial charge in [-0.3, -0.25) is 0 Å². The second-order valence-electron chi connectivity index (χ2n) is 3.82. The Balaban J connectivity index is 3.86. The summed E-state index contributed by atoms with van der Waals surface area (Å²) in [5.41, 5.74) is 5.32. The fourth-order valence-corrected chi connectivity index (χ4v) is 1.36. The van der Waals surface area contributed by atoms with Crippen molar-refractivity contribution in [3.63, 3.8) is 0 Å². The summed E-state index contributed by atoms with van der Waals surface area (Å²) in [6.45, 7) is 7.20. The Morgan fingerprint density at radius 3 is 2.42 bits per heavy atom. The zero-order chi connectivity index (χ0) is 9.61. The summed E-state index contributed by atoms with van der Waals surface area (Å²) in [7, 11) is 0. The van der Waals surface area contributed by atoms with Crippen molar-refractivity contribution < 1.29 is 9.84 Å². The molecule has 3 N–H and O–H groups in total. The van der Waals surface area contributed by atoms with E-state index >= 15 is 0 Å². The minimum Gasteiger partial charge on any atom is -0.394 e. The summed E-state index contributed by atoms with van der Waals surface area (Å²) in [6.07, 6.45) is 0.934. The van der Waals surface area contributed by atoms with Gasteiger partial charge in [-0.1, -0.05) is 13.8 Å². The van der Waals surface area contributed by atoms with E-state index in [1.165, 1.54) is 0 Å². The topological polar surface area (TPSA) is 55.5 Å². The van der Waals surface area contributed by atoms with Gasteiger partial charge in [0.1, 0.15) is 0 Å². The van der Waals surface area contributed by atoms with Gasteiger partial charge in [-0.25, -0.2) is 0 Å². The Morgan fingerprint density at radius 1 is 1.50 bits per heavy atom. The first-order valence-electron chi connectivity index (χ1n) is 4.49. The highest BCUT2D eigenvalue weighted by Crippen LogP contribution is 2.19. The van der Waals surface area contributed by atoms with Crippen LogP contribution in [0.25, 0.3) is 0 Å². The van der Waals surface area contributed by atoms with Crippen molar-refractivity contribution in [2.45, 2.75) is 32.8 Å². The molecular weight excluding hydrogens is 154 g/mol. The van der Waals surface area contributed by atoms with E-state index in [1.807, 2.05) is 6.92 Å². The highest BCUT2D eigenvalue weighted by atomic mass is 16.5. The standard InChI is InChI=1S/C9H21NO2/c1-8(2)6-9(3,7-10)12-5-4-11/h8,11H,4-7,10H2,1-3H3. The van der Waals surface area contributed by atoms with Crippen LogP contribution < -0.4 is 5.73 Å². The highest BCUT2D eigenvalue weighted by molar-refractivity contribution is 4.77. The lowest BCUT2D eigenvalue weighted by Crippen LogP contribution is -2.39. The SMILES string of the molecule is CC(C)CC(C)(CN)OCCO. The average molecular weight is 175 g/mol. The number of hydrogen-bond donors (Lipinski definition) is 2. The summed E-state index contributed by atoms with van der Waals surface area (Å²) in [5, 5.41) is 8.59. The number of rotatable bonds is 6. The van der Waals surface area contributed by atoms with Crippen molar-refractivity contribution in [3.05, 3.63) is 0 Å². The van der Waals surface area contributed by atoms with Crippen LogP contribution in [0.1, 0.15) is 27.2 Å². The highest BCUT2D eigenvalue weighted by Gasteiger charge is 2.23. The molecule has 0 radical (unpaired) electrons. The predicted octanol–water partition coefficient (Wildman–Crippen LogP) is 0.759. The summed E-state index contributed by atoms with van der Waals surface area (Å²) in [4.78, 5) is 0. The maximum absolute atomic E-state index is 8.59. The van der Waals surface area contributed by atoms with Crippen molar-refractivity contribution in [2.75, 3.05) is 19.8 Å². The van der Waals surface area contributed by atoms with E-state index in [2.05, 4.69) is 13.8 Å². The minimum atomic E-state index is -0.267. The van der Waals surface area contributed by atoms with E-state index in [0.29, 0.717) is 19.1 Å². The van der Waals surface area contributed by atoms with E-state index in [0.717, 1.165) is 6.42 Å². The molecule has 0 saturated heterocycles. The zero-order valence-electron chi connectivity index (χ0n) is 8.34. The molecule has 0 bridgehead atoms. The van der Waals surface area contributed by atoms with Crippen molar-refractivity contribution in [2.24, 2.45) is 11.7 Å². The Labute approximate surface area is 74.9 Å². The van der Waals surface area contributed by atoms with Gasteiger partial charge in [-0.15, -0.1) is 0 Å². The fraction of sp³-hybridized carbons (Fsp3) is 1.00. The molecule has 0 heterocycles. The van der Waals surface area contributed by atoms with Gasteiger partial charge in [0, 0.05) is 6.54 Å². The lowest BCUT2D eigenvalue weighted by atomic mass is 9.94. The van der Waals surface area contributed by atoms with Crippen molar-refractivity contribution in [3.8, 4) is 0 Å². The van der Waals surface area contributed by atoms with Crippen molar-refractivity contribution in [1.29, 1.82) is 0 Å². The van der Waals surface area contributed by atoms with E-state index in [4.69, 9.17) is 15.6 Å². The maximum atomic E-state index is 8.59. The zero-order valence-corrected chi connectivity index (χ0v) is 8.34. The van der Waals surface area contributed by atoms with Gasteiger partial charge in [0.05, 0.1) is 18.8 Å². The molecule has 1 atom stereocenters. The summed E-state index contributed by atoms with van der Waals surface area (Å²) in [5.74, 6) is 0.567. The molecule has 12 heavy (non-hydrogen) atoms. The lowest BCUT2D eigenvalue weighted by Gasteiger charge is -2.29.